The molecule has 21 heavy (non-hydrogen) atoms. The third-order valence-electron chi connectivity index (χ3n) is 2.77. The minimum atomic E-state index is -0.992. The molecule has 3 rings (SSSR count). The van der Waals surface area contributed by atoms with Crippen LogP contribution in [0.2, 0.25) is 0 Å². The maximum Gasteiger partial charge on any atom is 0.336 e. The van der Waals surface area contributed by atoms with Gasteiger partial charge in [0.15, 0.2) is 11.6 Å². The molecule has 1 aromatic carbocycles. The van der Waals surface area contributed by atoms with E-state index in [9.17, 15) is 13.6 Å². The van der Waals surface area contributed by atoms with Gasteiger partial charge in [-0.3, -0.25) is 0 Å². The quantitative estimate of drug-likeness (QED) is 0.771. The maximum absolute atomic E-state index is 13.2. The predicted octanol–water partition coefficient (Wildman–Crippen LogP) is 4.52. The number of hydrogen-bond donors (Lipinski definition) is 1. The summed E-state index contributed by atoms with van der Waals surface area (Å²) in [5.41, 5.74) is 1.31. The maximum atomic E-state index is 13.2. The fourth-order valence-electron chi connectivity index (χ4n) is 1.73. The molecule has 0 aliphatic heterocycles. The Kier molecular flexibility index (Phi) is 3.52. The number of thiophene rings is 1. The SMILES string of the molecule is O=C(O)c1csc(-c2csc(-c3ccc(F)c(F)c3)n2)c1. The van der Waals surface area contributed by atoms with Crippen molar-refractivity contribution in [3.63, 3.8) is 0 Å². The lowest BCUT2D eigenvalue weighted by Crippen LogP contribution is -1.91. The molecule has 0 unspecified atom stereocenters. The van der Waals surface area contributed by atoms with Gasteiger partial charge in [0.1, 0.15) is 5.01 Å². The Morgan fingerprint density at radius 2 is 1.90 bits per heavy atom. The topological polar surface area (TPSA) is 50.2 Å². The summed E-state index contributed by atoms with van der Waals surface area (Å²) < 4.78 is 26.1. The largest absolute Gasteiger partial charge is 0.478 e. The van der Waals surface area contributed by atoms with E-state index in [1.165, 1.54) is 40.2 Å². The van der Waals surface area contributed by atoms with E-state index >= 15 is 0 Å². The molecule has 0 aliphatic carbocycles. The van der Waals surface area contributed by atoms with Crippen LogP contribution in [0.25, 0.3) is 21.1 Å². The summed E-state index contributed by atoms with van der Waals surface area (Å²) in [6.07, 6.45) is 0. The fraction of sp³-hybridized carbons (Fsp3) is 0. The van der Waals surface area contributed by atoms with E-state index < -0.39 is 17.6 Å². The van der Waals surface area contributed by atoms with E-state index in [1.54, 1.807) is 5.38 Å². The van der Waals surface area contributed by atoms with Crippen molar-refractivity contribution in [2.75, 3.05) is 0 Å². The molecule has 0 spiro atoms. The van der Waals surface area contributed by atoms with Gasteiger partial charge in [-0.05, 0) is 24.3 Å². The number of benzene rings is 1. The minimum Gasteiger partial charge on any atom is -0.478 e. The second-order valence-corrected chi connectivity index (χ2v) is 5.94. The average Bonchev–Trinajstić information content (AvgIpc) is 3.09. The van der Waals surface area contributed by atoms with Crippen LogP contribution in [0.4, 0.5) is 8.78 Å². The average molecular weight is 323 g/mol. The van der Waals surface area contributed by atoms with Gasteiger partial charge < -0.3 is 5.11 Å². The van der Waals surface area contributed by atoms with Gasteiger partial charge in [-0.2, -0.15) is 0 Å². The number of thiazole rings is 1. The van der Waals surface area contributed by atoms with Crippen molar-refractivity contribution in [2.45, 2.75) is 0 Å². The molecule has 0 aliphatic rings. The summed E-state index contributed by atoms with van der Waals surface area (Å²) in [7, 11) is 0. The molecule has 3 aromatic rings. The Morgan fingerprint density at radius 3 is 2.57 bits per heavy atom. The first kappa shape index (κ1) is 13.8. The van der Waals surface area contributed by atoms with E-state index in [0.717, 1.165) is 17.0 Å². The molecule has 1 N–H and O–H groups in total. The Bertz CT molecular complexity index is 826. The number of rotatable bonds is 3. The Hall–Kier alpha value is -2.12. The molecule has 0 radical (unpaired) electrons. The van der Waals surface area contributed by atoms with Crippen LogP contribution in [0.1, 0.15) is 10.4 Å². The molecule has 0 bridgehead atoms. The monoisotopic (exact) mass is 323 g/mol. The summed E-state index contributed by atoms with van der Waals surface area (Å²) in [5.74, 6) is -2.82. The lowest BCUT2D eigenvalue weighted by Gasteiger charge is -1.97. The standard InChI is InChI=1S/C14H7F2NO2S2/c15-9-2-1-7(3-10(9)16)13-17-11(6-21-13)12-4-8(5-20-12)14(18)19/h1-6H,(H,18,19). The Labute approximate surface area is 126 Å². The molecule has 0 fully saturated rings. The third-order valence-corrected chi connectivity index (χ3v) is 4.61. The molecule has 0 saturated carbocycles. The van der Waals surface area contributed by atoms with Gasteiger partial charge in [0.2, 0.25) is 0 Å². The molecular formula is C14H7F2NO2S2. The van der Waals surface area contributed by atoms with Crippen LogP contribution >= 0.6 is 22.7 Å². The van der Waals surface area contributed by atoms with Crippen molar-refractivity contribution in [1.82, 2.24) is 4.98 Å². The number of carbonyl (C=O) groups is 1. The van der Waals surface area contributed by atoms with E-state index in [2.05, 4.69) is 4.98 Å². The molecule has 0 amide bonds. The molecule has 2 heterocycles. The highest BCUT2D eigenvalue weighted by molar-refractivity contribution is 7.15. The van der Waals surface area contributed by atoms with Gasteiger partial charge in [-0.1, -0.05) is 0 Å². The van der Waals surface area contributed by atoms with Crippen LogP contribution in [0.3, 0.4) is 0 Å². The van der Waals surface area contributed by atoms with Crippen LogP contribution in [0, 0.1) is 11.6 Å². The van der Waals surface area contributed by atoms with Crippen molar-refractivity contribution in [3.05, 3.63) is 52.2 Å². The van der Waals surface area contributed by atoms with Gasteiger partial charge >= 0.3 is 5.97 Å². The number of nitrogens with zero attached hydrogens (tertiary/aromatic N) is 1. The summed E-state index contributed by atoms with van der Waals surface area (Å²) in [6.45, 7) is 0. The number of carboxylic acids is 1. The molecule has 106 valence electrons. The van der Waals surface area contributed by atoms with Crippen LogP contribution in [-0.2, 0) is 0 Å². The zero-order valence-corrected chi connectivity index (χ0v) is 12.0. The number of aromatic carboxylic acids is 1. The lowest BCUT2D eigenvalue weighted by atomic mass is 10.2. The highest BCUT2D eigenvalue weighted by atomic mass is 32.1. The second kappa shape index (κ2) is 5.34. The van der Waals surface area contributed by atoms with Crippen LogP contribution in [-0.4, -0.2) is 16.1 Å². The molecule has 3 nitrogen and oxygen atoms in total. The summed E-state index contributed by atoms with van der Waals surface area (Å²) in [6, 6.07) is 5.14. The zero-order chi connectivity index (χ0) is 15.0. The highest BCUT2D eigenvalue weighted by Crippen LogP contribution is 2.32. The first-order chi connectivity index (χ1) is 10.0. The minimum absolute atomic E-state index is 0.206. The van der Waals surface area contributed by atoms with Gasteiger partial charge in [0.25, 0.3) is 0 Å². The van der Waals surface area contributed by atoms with Crippen LogP contribution in [0.5, 0.6) is 0 Å². The number of carboxylic acid groups (broad SMARTS) is 1. The molecule has 2 aromatic heterocycles. The second-order valence-electron chi connectivity index (χ2n) is 4.17. The van der Waals surface area contributed by atoms with Crippen molar-refractivity contribution in [1.29, 1.82) is 0 Å². The van der Waals surface area contributed by atoms with E-state index in [4.69, 9.17) is 5.11 Å². The van der Waals surface area contributed by atoms with Gasteiger partial charge in [-0.25, -0.2) is 18.6 Å². The van der Waals surface area contributed by atoms with Gasteiger partial charge in [-0.15, -0.1) is 22.7 Å². The van der Waals surface area contributed by atoms with Crippen molar-refractivity contribution < 1.29 is 18.7 Å². The molecule has 0 atom stereocenters. The summed E-state index contributed by atoms with van der Waals surface area (Å²) in [4.78, 5) is 15.9. The van der Waals surface area contributed by atoms with E-state index in [1.807, 2.05) is 0 Å². The van der Waals surface area contributed by atoms with Crippen LogP contribution < -0.4 is 0 Å². The fourth-order valence-corrected chi connectivity index (χ4v) is 3.47. The van der Waals surface area contributed by atoms with Gasteiger partial charge in [0.05, 0.1) is 16.1 Å². The van der Waals surface area contributed by atoms with Crippen molar-refractivity contribution >= 4 is 28.6 Å². The Morgan fingerprint density at radius 1 is 1.10 bits per heavy atom. The first-order valence-electron chi connectivity index (χ1n) is 5.78. The van der Waals surface area contributed by atoms with Gasteiger partial charge in [0, 0.05) is 16.3 Å². The van der Waals surface area contributed by atoms with Crippen molar-refractivity contribution in [2.24, 2.45) is 0 Å². The molecule has 7 heteroatoms. The zero-order valence-electron chi connectivity index (χ0n) is 10.3. The predicted molar refractivity (Wildman–Crippen MR) is 77.7 cm³/mol. The Balaban J connectivity index is 1.95. The number of hydrogen-bond acceptors (Lipinski definition) is 4. The van der Waals surface area contributed by atoms with Crippen LogP contribution in [0.15, 0.2) is 35.0 Å². The first-order valence-corrected chi connectivity index (χ1v) is 7.53. The summed E-state index contributed by atoms with van der Waals surface area (Å²) in [5, 5.41) is 12.7. The third kappa shape index (κ3) is 2.70. The number of aromatic nitrogens is 1. The van der Waals surface area contributed by atoms with Crippen molar-refractivity contribution in [3.8, 4) is 21.1 Å². The number of halogens is 2. The molecule has 0 saturated heterocycles. The lowest BCUT2D eigenvalue weighted by molar-refractivity contribution is 0.0697. The van der Waals surface area contributed by atoms with E-state index in [0.29, 0.717) is 16.3 Å². The van der Waals surface area contributed by atoms with E-state index in [-0.39, 0.29) is 5.56 Å². The summed E-state index contributed by atoms with van der Waals surface area (Å²) >= 11 is 2.56. The normalized spacial score (nSPS) is 10.8. The molecular weight excluding hydrogens is 316 g/mol. The smallest absolute Gasteiger partial charge is 0.336 e. The highest BCUT2D eigenvalue weighted by Gasteiger charge is 2.13.